The van der Waals surface area contributed by atoms with Crippen molar-refractivity contribution in [2.24, 2.45) is 34.5 Å². The maximum Gasteiger partial charge on any atom is 0.0543 e. The SMILES string of the molecule is C[C@]12CCC(O)CC1CC[C@@H]1[C@H]2CC[C@]2(C)C(S)CC[C@@H]12. The zero-order chi connectivity index (χ0) is 14.8. The van der Waals surface area contributed by atoms with E-state index in [1.54, 1.807) is 0 Å². The van der Waals surface area contributed by atoms with Gasteiger partial charge in [0.25, 0.3) is 0 Å². The lowest BCUT2D eigenvalue weighted by molar-refractivity contribution is -0.120. The third kappa shape index (κ3) is 2.00. The van der Waals surface area contributed by atoms with Gasteiger partial charge in [-0.05, 0) is 92.3 Å². The summed E-state index contributed by atoms with van der Waals surface area (Å²) in [6, 6.07) is 0. The van der Waals surface area contributed by atoms with Gasteiger partial charge in [0.05, 0.1) is 6.10 Å². The van der Waals surface area contributed by atoms with E-state index >= 15 is 0 Å². The quantitative estimate of drug-likeness (QED) is 0.622. The van der Waals surface area contributed by atoms with E-state index in [0.29, 0.717) is 16.1 Å². The molecule has 0 aromatic heterocycles. The minimum Gasteiger partial charge on any atom is -0.393 e. The highest BCUT2D eigenvalue weighted by atomic mass is 32.1. The Morgan fingerprint density at radius 2 is 1.57 bits per heavy atom. The molecule has 120 valence electrons. The van der Waals surface area contributed by atoms with Crippen LogP contribution in [-0.4, -0.2) is 16.5 Å². The first-order valence-electron chi connectivity index (χ1n) is 9.31. The van der Waals surface area contributed by atoms with Crippen molar-refractivity contribution in [2.45, 2.75) is 83.0 Å². The molecule has 2 heteroatoms. The standard InChI is InChI=1S/C19H32OS/c1-18-9-7-13(20)11-12(18)3-4-14-15-5-6-17(21)19(15,2)10-8-16(14)18/h12-17,20-21H,3-11H2,1-2H3/t12?,13?,14-,15-,16+,17?,18-,19-/m0/s1. The monoisotopic (exact) mass is 308 g/mol. The topological polar surface area (TPSA) is 20.2 Å². The summed E-state index contributed by atoms with van der Waals surface area (Å²) < 4.78 is 0. The molecular formula is C19H32OS. The van der Waals surface area contributed by atoms with Gasteiger partial charge in [0.1, 0.15) is 0 Å². The van der Waals surface area contributed by atoms with Crippen LogP contribution in [0.4, 0.5) is 0 Å². The van der Waals surface area contributed by atoms with Gasteiger partial charge in [-0.15, -0.1) is 0 Å². The zero-order valence-electron chi connectivity index (χ0n) is 13.7. The molecule has 8 atom stereocenters. The van der Waals surface area contributed by atoms with Crippen LogP contribution in [0.5, 0.6) is 0 Å². The Morgan fingerprint density at radius 3 is 2.38 bits per heavy atom. The van der Waals surface area contributed by atoms with Crippen molar-refractivity contribution in [1.29, 1.82) is 0 Å². The second-order valence-electron chi connectivity index (χ2n) is 9.22. The number of thiol groups is 1. The van der Waals surface area contributed by atoms with Crippen LogP contribution >= 0.6 is 12.6 Å². The van der Waals surface area contributed by atoms with E-state index in [9.17, 15) is 5.11 Å². The fourth-order valence-corrected chi connectivity index (χ4v) is 7.68. The van der Waals surface area contributed by atoms with Crippen molar-refractivity contribution in [3.8, 4) is 0 Å². The van der Waals surface area contributed by atoms with E-state index in [-0.39, 0.29) is 6.10 Å². The van der Waals surface area contributed by atoms with Crippen molar-refractivity contribution in [1.82, 2.24) is 0 Å². The van der Waals surface area contributed by atoms with Gasteiger partial charge in [-0.25, -0.2) is 0 Å². The molecule has 1 N–H and O–H groups in total. The van der Waals surface area contributed by atoms with E-state index < -0.39 is 0 Å². The summed E-state index contributed by atoms with van der Waals surface area (Å²) in [4.78, 5) is 0. The molecule has 0 aromatic carbocycles. The van der Waals surface area contributed by atoms with Gasteiger partial charge in [0, 0.05) is 5.25 Å². The predicted octanol–water partition coefficient (Wildman–Crippen LogP) is 4.69. The summed E-state index contributed by atoms with van der Waals surface area (Å²) in [6.45, 7) is 5.12. The second-order valence-corrected chi connectivity index (χ2v) is 9.85. The van der Waals surface area contributed by atoms with Crippen LogP contribution in [-0.2, 0) is 0 Å². The molecule has 0 aliphatic heterocycles. The van der Waals surface area contributed by atoms with E-state index in [4.69, 9.17) is 12.6 Å². The Labute approximate surface area is 135 Å². The minimum atomic E-state index is -0.0122. The molecule has 4 fully saturated rings. The number of aliphatic hydroxyl groups is 1. The molecule has 1 nitrogen and oxygen atoms in total. The van der Waals surface area contributed by atoms with E-state index in [1.807, 2.05) is 0 Å². The van der Waals surface area contributed by atoms with Gasteiger partial charge in [0.15, 0.2) is 0 Å². The molecule has 0 saturated heterocycles. The fraction of sp³-hybridized carbons (Fsp3) is 1.00. The third-order valence-corrected chi connectivity index (χ3v) is 9.44. The molecule has 0 aromatic rings. The molecule has 21 heavy (non-hydrogen) atoms. The fourth-order valence-electron chi connectivity index (χ4n) is 7.21. The van der Waals surface area contributed by atoms with Crippen LogP contribution in [0, 0.1) is 34.5 Å². The highest BCUT2D eigenvalue weighted by molar-refractivity contribution is 7.81. The average molecular weight is 309 g/mol. The molecule has 0 spiro atoms. The zero-order valence-corrected chi connectivity index (χ0v) is 14.6. The molecule has 0 heterocycles. The molecule has 0 amide bonds. The molecular weight excluding hydrogens is 276 g/mol. The highest BCUT2D eigenvalue weighted by Crippen LogP contribution is 2.66. The lowest BCUT2D eigenvalue weighted by Gasteiger charge is -2.60. The largest absolute Gasteiger partial charge is 0.393 e. The van der Waals surface area contributed by atoms with Crippen molar-refractivity contribution >= 4 is 12.6 Å². The molecule has 4 aliphatic carbocycles. The summed E-state index contributed by atoms with van der Waals surface area (Å²) in [6.07, 6.45) is 11.8. The van der Waals surface area contributed by atoms with E-state index in [2.05, 4.69) is 13.8 Å². The van der Waals surface area contributed by atoms with Gasteiger partial charge in [-0.3, -0.25) is 0 Å². The van der Waals surface area contributed by atoms with Gasteiger partial charge >= 0.3 is 0 Å². The Balaban J connectivity index is 1.62. The van der Waals surface area contributed by atoms with Crippen LogP contribution in [0.15, 0.2) is 0 Å². The maximum atomic E-state index is 10.1. The smallest absolute Gasteiger partial charge is 0.0543 e. The highest BCUT2D eigenvalue weighted by Gasteiger charge is 2.59. The Bertz CT molecular complexity index is 424. The average Bonchev–Trinajstić information content (AvgIpc) is 2.76. The first kappa shape index (κ1) is 14.9. The predicted molar refractivity (Wildman–Crippen MR) is 90.5 cm³/mol. The van der Waals surface area contributed by atoms with Crippen LogP contribution in [0.2, 0.25) is 0 Å². The van der Waals surface area contributed by atoms with Gasteiger partial charge in [0.2, 0.25) is 0 Å². The number of fused-ring (bicyclic) bond motifs is 5. The first-order chi connectivity index (χ1) is 9.95. The molecule has 0 bridgehead atoms. The molecule has 3 unspecified atom stereocenters. The van der Waals surface area contributed by atoms with Gasteiger partial charge in [-0.2, -0.15) is 12.6 Å². The summed E-state index contributed by atoms with van der Waals surface area (Å²) >= 11 is 4.95. The Hall–Kier alpha value is 0.310. The number of hydrogen-bond acceptors (Lipinski definition) is 2. The van der Waals surface area contributed by atoms with Crippen molar-refractivity contribution in [3.05, 3.63) is 0 Å². The number of rotatable bonds is 0. The number of hydrogen-bond donors (Lipinski definition) is 2. The van der Waals surface area contributed by atoms with Crippen LogP contribution in [0.25, 0.3) is 0 Å². The third-order valence-electron chi connectivity index (χ3n) is 8.59. The molecule has 0 radical (unpaired) electrons. The molecule has 4 rings (SSSR count). The Kier molecular flexibility index (Phi) is 3.47. The van der Waals surface area contributed by atoms with Crippen LogP contribution in [0.3, 0.4) is 0 Å². The van der Waals surface area contributed by atoms with E-state index in [1.165, 1.54) is 44.9 Å². The maximum absolute atomic E-state index is 10.1. The minimum absolute atomic E-state index is 0.0122. The summed E-state index contributed by atoms with van der Waals surface area (Å²) in [5.41, 5.74) is 1.04. The first-order valence-corrected chi connectivity index (χ1v) is 9.83. The van der Waals surface area contributed by atoms with Crippen LogP contribution < -0.4 is 0 Å². The number of aliphatic hydroxyl groups excluding tert-OH is 1. The van der Waals surface area contributed by atoms with Gasteiger partial charge in [-0.1, -0.05) is 13.8 Å². The summed E-state index contributed by atoms with van der Waals surface area (Å²) in [5.74, 6) is 3.61. The van der Waals surface area contributed by atoms with Crippen LogP contribution in [0.1, 0.15) is 71.6 Å². The molecule has 4 aliphatic rings. The van der Waals surface area contributed by atoms with Crippen molar-refractivity contribution in [2.75, 3.05) is 0 Å². The molecule has 4 saturated carbocycles. The second kappa shape index (κ2) is 4.90. The summed E-state index contributed by atoms with van der Waals surface area (Å²) in [5, 5.41) is 10.7. The summed E-state index contributed by atoms with van der Waals surface area (Å²) in [7, 11) is 0. The normalized spacial score (nSPS) is 60.0. The lowest BCUT2D eigenvalue weighted by atomic mass is 9.45. The van der Waals surface area contributed by atoms with Crippen molar-refractivity contribution in [3.63, 3.8) is 0 Å². The van der Waals surface area contributed by atoms with Crippen molar-refractivity contribution < 1.29 is 5.11 Å². The van der Waals surface area contributed by atoms with E-state index in [0.717, 1.165) is 36.5 Å². The van der Waals surface area contributed by atoms with Gasteiger partial charge < -0.3 is 5.11 Å². The Morgan fingerprint density at radius 1 is 0.857 bits per heavy atom. The lowest BCUT2D eigenvalue weighted by Crippen LogP contribution is -2.54.